The van der Waals surface area contributed by atoms with Crippen LogP contribution < -0.4 is 59.1 Å². The Morgan fingerprint density at radius 2 is 0.979 bits per heavy atom. The fourth-order valence-electron chi connectivity index (χ4n) is 4.46. The van der Waals surface area contributed by atoms with Gasteiger partial charge in [-0.3, -0.25) is 9.59 Å². The molecule has 0 aliphatic rings. The van der Waals surface area contributed by atoms with Crippen molar-refractivity contribution in [2.75, 3.05) is 19.8 Å². The van der Waals surface area contributed by atoms with Crippen LogP contribution in [0.15, 0.2) is 0 Å². The van der Waals surface area contributed by atoms with E-state index in [0.717, 1.165) is 64.2 Å². The molecule has 47 heavy (non-hydrogen) atoms. The summed E-state index contributed by atoms with van der Waals surface area (Å²) in [7, 11) is -5.05. The molecular weight excluding hydrogens is 670 g/mol. The van der Waals surface area contributed by atoms with Crippen molar-refractivity contribution in [2.45, 2.75) is 162 Å². The Bertz CT molecular complexity index is 813. The molecule has 0 amide bonds. The van der Waals surface area contributed by atoms with Gasteiger partial charge in [-0.25, -0.2) is 0 Å². The molecular formula is C32H68Na2O11S2+2. The van der Waals surface area contributed by atoms with Gasteiger partial charge in [-0.15, -0.1) is 0 Å². The first-order valence-electron chi connectivity index (χ1n) is 16.8. The van der Waals surface area contributed by atoms with Gasteiger partial charge in [0.1, 0.15) is 0 Å². The van der Waals surface area contributed by atoms with E-state index in [1.807, 2.05) is 13.8 Å². The second-order valence-electron chi connectivity index (χ2n) is 11.3. The van der Waals surface area contributed by atoms with Gasteiger partial charge < -0.3 is 41.4 Å². The summed E-state index contributed by atoms with van der Waals surface area (Å²) in [6, 6.07) is 0. The molecule has 0 aliphatic carbocycles. The van der Waals surface area contributed by atoms with Gasteiger partial charge in [0.15, 0.2) is 0 Å². The molecule has 274 valence electrons. The van der Waals surface area contributed by atoms with Crippen LogP contribution >= 0.6 is 0 Å². The number of ether oxygens (including phenoxy) is 2. The van der Waals surface area contributed by atoms with Crippen LogP contribution in [0.25, 0.3) is 0 Å². The van der Waals surface area contributed by atoms with E-state index >= 15 is 0 Å². The van der Waals surface area contributed by atoms with E-state index in [0.29, 0.717) is 6.61 Å². The van der Waals surface area contributed by atoms with Gasteiger partial charge in [-0.05, 0) is 31.1 Å². The first-order chi connectivity index (χ1) is 20.7. The normalized spacial score (nSPS) is 12.1. The SMILES string of the molecule is CCCCC(CC)COC(=O)CC(C(=O)OCC(CC)CCCC)[S-](=O)=O.CCCCCCCCCCCCO[S-](=O)=O.[Na+].[Na+].[OH3+].[OH3+]. The number of hydrogen-bond acceptors (Lipinski definition) is 11. The van der Waals surface area contributed by atoms with Gasteiger partial charge >= 0.3 is 65.1 Å². The van der Waals surface area contributed by atoms with Crippen LogP contribution in [-0.4, -0.2) is 37.0 Å². The van der Waals surface area contributed by atoms with Gasteiger partial charge in [0, 0.05) is 18.3 Å². The molecule has 15 heteroatoms. The van der Waals surface area contributed by atoms with E-state index in [1.165, 1.54) is 51.4 Å². The maximum Gasteiger partial charge on any atom is 1.00 e. The van der Waals surface area contributed by atoms with Crippen LogP contribution in [-0.2, 0) is 72.7 Å². The first-order valence-corrected chi connectivity index (χ1v) is 18.9. The zero-order valence-electron chi connectivity index (χ0n) is 30.9. The zero-order chi connectivity index (χ0) is 32.7. The van der Waals surface area contributed by atoms with E-state index in [-0.39, 0.29) is 95.1 Å². The third-order valence-corrected chi connectivity index (χ3v) is 8.74. The summed E-state index contributed by atoms with van der Waals surface area (Å²) in [5.41, 5.74) is 0. The van der Waals surface area contributed by atoms with Crippen molar-refractivity contribution in [2.24, 2.45) is 11.8 Å². The van der Waals surface area contributed by atoms with Crippen molar-refractivity contribution in [3.8, 4) is 0 Å². The molecule has 0 saturated carbocycles. The van der Waals surface area contributed by atoms with Crippen LogP contribution in [0.5, 0.6) is 0 Å². The number of carbonyl (C=O) groups is 2. The molecule has 0 radical (unpaired) electrons. The Kier molecular flexibility index (Phi) is 57.0. The average molecular weight is 739 g/mol. The van der Waals surface area contributed by atoms with E-state index in [2.05, 4.69) is 25.0 Å². The van der Waals surface area contributed by atoms with Crippen LogP contribution in [0, 0.1) is 11.8 Å². The van der Waals surface area contributed by atoms with Crippen molar-refractivity contribution < 1.29 is 110 Å². The summed E-state index contributed by atoms with van der Waals surface area (Å²) < 4.78 is 57.7. The smallest absolute Gasteiger partial charge is 0.466 e. The van der Waals surface area contributed by atoms with Crippen LogP contribution in [0.3, 0.4) is 0 Å². The minimum Gasteiger partial charge on any atom is -0.466 e. The van der Waals surface area contributed by atoms with Gasteiger partial charge in [0.05, 0.1) is 24.2 Å². The van der Waals surface area contributed by atoms with Gasteiger partial charge in [-0.2, -0.15) is 0 Å². The van der Waals surface area contributed by atoms with Crippen LogP contribution in [0.1, 0.15) is 157 Å². The fraction of sp³-hybridized carbons (Fsp3) is 0.938. The molecule has 0 bridgehead atoms. The molecule has 0 saturated heterocycles. The second kappa shape index (κ2) is 44.7. The molecule has 0 aromatic rings. The molecule has 0 aliphatic heterocycles. The Morgan fingerprint density at radius 3 is 1.36 bits per heavy atom. The molecule has 0 rings (SSSR count). The van der Waals surface area contributed by atoms with Gasteiger partial charge in [0.2, 0.25) is 0 Å². The molecule has 0 spiro atoms. The van der Waals surface area contributed by atoms with Gasteiger partial charge in [0.25, 0.3) is 5.97 Å². The molecule has 0 fully saturated rings. The molecule has 6 N–H and O–H groups in total. The predicted molar refractivity (Wildman–Crippen MR) is 182 cm³/mol. The molecule has 0 heterocycles. The van der Waals surface area contributed by atoms with E-state index in [9.17, 15) is 26.4 Å². The van der Waals surface area contributed by atoms with Gasteiger partial charge in [-0.1, -0.05) is 142 Å². The number of rotatable bonds is 28. The number of unbranched alkanes of at least 4 members (excludes halogenated alkanes) is 11. The van der Waals surface area contributed by atoms with Crippen molar-refractivity contribution in [1.82, 2.24) is 0 Å². The number of carbonyl (C=O) groups excluding carboxylic acids is 2. The van der Waals surface area contributed by atoms with E-state index < -0.39 is 45.3 Å². The molecule has 11 nitrogen and oxygen atoms in total. The standard InChI is InChI=1S/C20H37O6S.C12H25O3S.2Na.2H2O/c1-5-9-11-16(7-3)14-25-19(21)13-18(27(23)24)20(22)26-15-17(8-4)12-10-6-2;1-2-3-4-5-6-7-8-9-10-11-12-15-16(13)14;;;;/h16-18H,5-15H2,1-4H3;2-12H2,1H3;;;2*1H2/q2*-1;2*+1;;/p+2. The molecule has 0 aromatic carbocycles. The molecule has 3 atom stereocenters. The summed E-state index contributed by atoms with van der Waals surface area (Å²) in [5.74, 6) is -1.06. The maximum absolute atomic E-state index is 12.1. The first kappa shape index (κ1) is 59.8. The van der Waals surface area contributed by atoms with E-state index in [4.69, 9.17) is 9.47 Å². The van der Waals surface area contributed by atoms with Crippen molar-refractivity contribution in [1.29, 1.82) is 0 Å². The Hall–Kier alpha value is 0.720. The van der Waals surface area contributed by atoms with Crippen LogP contribution in [0.4, 0.5) is 0 Å². The predicted octanol–water partition coefficient (Wildman–Crippen LogP) is 0.886. The van der Waals surface area contributed by atoms with Crippen molar-refractivity contribution in [3.63, 3.8) is 0 Å². The van der Waals surface area contributed by atoms with Crippen molar-refractivity contribution >= 4 is 33.6 Å². The third-order valence-electron chi connectivity index (χ3n) is 7.55. The number of esters is 2. The fourth-order valence-corrected chi connectivity index (χ4v) is 5.21. The number of hydrogen-bond donors (Lipinski definition) is 0. The van der Waals surface area contributed by atoms with Crippen LogP contribution in [0.2, 0.25) is 0 Å². The molecule has 3 unspecified atom stereocenters. The minimum absolute atomic E-state index is 0. The summed E-state index contributed by atoms with van der Waals surface area (Å²) in [4.78, 5) is 24.1. The second-order valence-corrected chi connectivity index (χ2v) is 13.0. The third kappa shape index (κ3) is 41.0. The Labute approximate surface area is 334 Å². The summed E-state index contributed by atoms with van der Waals surface area (Å²) in [6.45, 7) is 11.3. The van der Waals surface area contributed by atoms with Crippen molar-refractivity contribution in [3.05, 3.63) is 0 Å². The molecule has 0 aromatic heterocycles. The summed E-state index contributed by atoms with van der Waals surface area (Å²) in [5, 5.41) is -1.50. The Balaban J connectivity index is -0.000000183. The minimum atomic E-state index is -2.72. The van der Waals surface area contributed by atoms with E-state index in [1.54, 1.807) is 0 Å². The monoisotopic (exact) mass is 738 g/mol. The summed E-state index contributed by atoms with van der Waals surface area (Å²) in [6.07, 6.45) is 19.9. The average Bonchev–Trinajstić information content (AvgIpc) is 2.98. The maximum atomic E-state index is 12.1. The largest absolute Gasteiger partial charge is 1.00 e. The zero-order valence-corrected chi connectivity index (χ0v) is 36.6. The quantitative estimate of drug-likeness (QED) is 0.0368. The topological polar surface area (TPSA) is 196 Å². The Morgan fingerprint density at radius 1 is 0.574 bits per heavy atom. The summed E-state index contributed by atoms with van der Waals surface area (Å²) >= 11 is 0.